The van der Waals surface area contributed by atoms with Gasteiger partial charge in [-0.3, -0.25) is 0 Å². The first-order valence-corrected chi connectivity index (χ1v) is 6.55. The normalized spacial score (nSPS) is 14.9. The lowest BCUT2D eigenvalue weighted by atomic mass is 10.1. The number of imidazole rings is 1. The van der Waals surface area contributed by atoms with Crippen molar-refractivity contribution in [3.05, 3.63) is 30.1 Å². The Hall–Kier alpha value is -2.07. The van der Waals surface area contributed by atoms with Crippen molar-refractivity contribution in [2.45, 2.75) is 38.0 Å². The molecule has 21 heavy (non-hydrogen) atoms. The predicted octanol–water partition coefficient (Wildman–Crippen LogP) is 2.94. The highest BCUT2D eigenvalue weighted by atomic mass is 19.4. The van der Waals surface area contributed by atoms with Gasteiger partial charge in [0.25, 0.3) is 0 Å². The minimum atomic E-state index is -4.51. The lowest BCUT2D eigenvalue weighted by Crippen LogP contribution is -2.42. The number of hydrogen-bond acceptors (Lipinski definition) is 3. The Balaban J connectivity index is 2.71. The first-order chi connectivity index (χ1) is 9.90. The molecule has 2 rings (SSSR count). The van der Waals surface area contributed by atoms with Crippen LogP contribution in [0.2, 0.25) is 0 Å². The van der Waals surface area contributed by atoms with Gasteiger partial charge in [-0.15, -0.1) is 0 Å². The van der Waals surface area contributed by atoms with Gasteiger partial charge in [-0.05, 0) is 18.6 Å². The van der Waals surface area contributed by atoms with Crippen LogP contribution in [0.4, 0.5) is 13.2 Å². The maximum absolute atomic E-state index is 13.5. The van der Waals surface area contributed by atoms with E-state index >= 15 is 0 Å². The van der Waals surface area contributed by atoms with E-state index in [-0.39, 0.29) is 18.7 Å². The average Bonchev–Trinajstić information content (AvgIpc) is 2.76. The number of alkyl halides is 3. The topological polar surface area (TPSA) is 67.6 Å². The molecule has 0 aliphatic rings. The number of nitrogens with zero attached hydrogens (tertiary/aromatic N) is 3. The standard InChI is InChI=1S/C14H15F3N4/c1-2-9(19)13(14(15,16)17)21-11-6-4-3-5-10(11)20-12(21)7-8-18/h3-6,9,13H,2,7,19H2,1H3. The van der Waals surface area contributed by atoms with E-state index in [1.54, 1.807) is 31.2 Å². The molecule has 0 aliphatic heterocycles. The molecule has 7 heteroatoms. The van der Waals surface area contributed by atoms with Crippen LogP contribution in [0.3, 0.4) is 0 Å². The smallest absolute Gasteiger partial charge is 0.326 e. The molecule has 0 fully saturated rings. The number of halogens is 3. The molecule has 4 nitrogen and oxygen atoms in total. The molecule has 0 bridgehead atoms. The van der Waals surface area contributed by atoms with E-state index in [1.807, 2.05) is 6.07 Å². The number of hydrogen-bond donors (Lipinski definition) is 1. The van der Waals surface area contributed by atoms with Gasteiger partial charge in [-0.1, -0.05) is 19.1 Å². The van der Waals surface area contributed by atoms with Crippen molar-refractivity contribution in [1.29, 1.82) is 5.26 Å². The quantitative estimate of drug-likeness (QED) is 0.943. The maximum Gasteiger partial charge on any atom is 0.410 e. The molecule has 0 spiro atoms. The van der Waals surface area contributed by atoms with Crippen LogP contribution in [-0.4, -0.2) is 21.8 Å². The van der Waals surface area contributed by atoms with Crippen molar-refractivity contribution in [3.63, 3.8) is 0 Å². The first kappa shape index (κ1) is 15.3. The number of rotatable bonds is 4. The zero-order chi connectivity index (χ0) is 15.6. The van der Waals surface area contributed by atoms with E-state index in [2.05, 4.69) is 4.98 Å². The Morgan fingerprint density at radius 1 is 1.38 bits per heavy atom. The van der Waals surface area contributed by atoms with Crippen molar-refractivity contribution in [3.8, 4) is 6.07 Å². The van der Waals surface area contributed by atoms with E-state index in [0.717, 1.165) is 4.57 Å². The summed E-state index contributed by atoms with van der Waals surface area (Å²) in [5.41, 5.74) is 6.47. The molecule has 2 aromatic rings. The second-order valence-electron chi connectivity index (χ2n) is 4.78. The lowest BCUT2D eigenvalue weighted by molar-refractivity contribution is -0.172. The van der Waals surface area contributed by atoms with Crippen molar-refractivity contribution < 1.29 is 13.2 Å². The van der Waals surface area contributed by atoms with Crippen LogP contribution >= 0.6 is 0 Å². The molecule has 0 radical (unpaired) electrons. The zero-order valence-electron chi connectivity index (χ0n) is 11.4. The monoisotopic (exact) mass is 296 g/mol. The predicted molar refractivity (Wildman–Crippen MR) is 72.4 cm³/mol. The Bertz CT molecular complexity index is 669. The van der Waals surface area contributed by atoms with Crippen LogP contribution in [-0.2, 0) is 6.42 Å². The van der Waals surface area contributed by atoms with Gasteiger partial charge in [-0.2, -0.15) is 18.4 Å². The fourth-order valence-corrected chi connectivity index (χ4v) is 2.40. The lowest BCUT2D eigenvalue weighted by Gasteiger charge is -2.28. The van der Waals surface area contributed by atoms with Crippen LogP contribution < -0.4 is 5.73 Å². The molecular weight excluding hydrogens is 281 g/mol. The summed E-state index contributed by atoms with van der Waals surface area (Å²) >= 11 is 0. The number of nitriles is 1. The van der Waals surface area contributed by atoms with Crippen molar-refractivity contribution in [2.75, 3.05) is 0 Å². The minimum Gasteiger partial charge on any atom is -0.326 e. The largest absolute Gasteiger partial charge is 0.410 e. The van der Waals surface area contributed by atoms with Gasteiger partial charge in [0.05, 0.1) is 23.5 Å². The molecule has 0 aliphatic carbocycles. The highest BCUT2D eigenvalue weighted by Gasteiger charge is 2.45. The molecule has 0 saturated heterocycles. The molecule has 1 heterocycles. The Morgan fingerprint density at radius 3 is 2.62 bits per heavy atom. The summed E-state index contributed by atoms with van der Waals surface area (Å²) in [6.07, 6.45) is -4.54. The second-order valence-corrected chi connectivity index (χ2v) is 4.78. The average molecular weight is 296 g/mol. The number of fused-ring (bicyclic) bond motifs is 1. The molecule has 2 unspecified atom stereocenters. The van der Waals surface area contributed by atoms with E-state index in [9.17, 15) is 13.2 Å². The Labute approximate surface area is 120 Å². The fourth-order valence-electron chi connectivity index (χ4n) is 2.40. The summed E-state index contributed by atoms with van der Waals surface area (Å²) in [4.78, 5) is 4.14. The summed E-state index contributed by atoms with van der Waals surface area (Å²) in [6.45, 7) is 1.60. The number of aromatic nitrogens is 2. The maximum atomic E-state index is 13.5. The zero-order valence-corrected chi connectivity index (χ0v) is 11.4. The molecule has 1 aromatic heterocycles. The molecule has 2 N–H and O–H groups in total. The molecule has 1 aromatic carbocycles. The summed E-state index contributed by atoms with van der Waals surface area (Å²) in [6, 6.07) is 5.38. The molecular formula is C14H15F3N4. The third-order valence-electron chi connectivity index (χ3n) is 3.40. The highest BCUT2D eigenvalue weighted by molar-refractivity contribution is 5.76. The number of benzene rings is 1. The van der Waals surface area contributed by atoms with Crippen molar-refractivity contribution >= 4 is 11.0 Å². The number of nitrogens with two attached hydrogens (primary N) is 1. The third kappa shape index (κ3) is 2.85. The van der Waals surface area contributed by atoms with Crippen LogP contribution in [0.25, 0.3) is 11.0 Å². The minimum absolute atomic E-state index is 0.0879. The van der Waals surface area contributed by atoms with Crippen LogP contribution in [0, 0.1) is 11.3 Å². The summed E-state index contributed by atoms with van der Waals surface area (Å²) < 4.78 is 41.4. The van der Waals surface area contributed by atoms with Gasteiger partial charge in [0.1, 0.15) is 11.9 Å². The summed E-state index contributed by atoms with van der Waals surface area (Å²) in [5.74, 6) is 0.0879. The molecule has 112 valence electrons. The number of para-hydroxylation sites is 2. The van der Waals surface area contributed by atoms with E-state index in [1.165, 1.54) is 0 Å². The van der Waals surface area contributed by atoms with Gasteiger partial charge in [0.15, 0.2) is 0 Å². The second kappa shape index (κ2) is 5.74. The third-order valence-corrected chi connectivity index (χ3v) is 3.40. The van der Waals surface area contributed by atoms with Gasteiger partial charge >= 0.3 is 6.18 Å². The van der Waals surface area contributed by atoms with Crippen LogP contribution in [0.1, 0.15) is 25.2 Å². The first-order valence-electron chi connectivity index (χ1n) is 6.55. The Kier molecular flexibility index (Phi) is 4.19. The Morgan fingerprint density at radius 2 is 2.05 bits per heavy atom. The van der Waals surface area contributed by atoms with E-state index < -0.39 is 18.3 Å². The highest BCUT2D eigenvalue weighted by Crippen LogP contribution is 2.37. The van der Waals surface area contributed by atoms with E-state index in [4.69, 9.17) is 11.0 Å². The SMILES string of the molecule is CCC(N)C(n1c(CC#N)nc2ccccc21)C(F)(F)F. The van der Waals surface area contributed by atoms with Gasteiger partial charge < -0.3 is 10.3 Å². The fraction of sp³-hybridized carbons (Fsp3) is 0.429. The van der Waals surface area contributed by atoms with E-state index in [0.29, 0.717) is 11.0 Å². The van der Waals surface area contributed by atoms with Gasteiger partial charge in [0.2, 0.25) is 0 Å². The van der Waals surface area contributed by atoms with Crippen molar-refractivity contribution in [2.24, 2.45) is 5.73 Å². The van der Waals surface area contributed by atoms with Gasteiger partial charge in [-0.25, -0.2) is 4.98 Å². The summed E-state index contributed by atoms with van der Waals surface area (Å²) in [7, 11) is 0. The van der Waals surface area contributed by atoms with Crippen molar-refractivity contribution in [1.82, 2.24) is 9.55 Å². The molecule has 2 atom stereocenters. The van der Waals surface area contributed by atoms with Crippen LogP contribution in [0.15, 0.2) is 24.3 Å². The molecule has 0 amide bonds. The van der Waals surface area contributed by atoms with Crippen LogP contribution in [0.5, 0.6) is 0 Å². The summed E-state index contributed by atoms with van der Waals surface area (Å²) in [5, 5.41) is 8.83. The molecule has 0 saturated carbocycles. The van der Waals surface area contributed by atoms with Gasteiger partial charge in [0, 0.05) is 6.04 Å².